The van der Waals surface area contributed by atoms with Crippen LogP contribution in [0.25, 0.3) is 0 Å². The predicted molar refractivity (Wildman–Crippen MR) is 128 cm³/mol. The van der Waals surface area contributed by atoms with E-state index in [1.54, 1.807) is 18.3 Å². The molecule has 1 amide bonds. The van der Waals surface area contributed by atoms with Gasteiger partial charge in [0.25, 0.3) is 11.9 Å². The van der Waals surface area contributed by atoms with Gasteiger partial charge in [-0.25, -0.2) is 4.98 Å². The molecule has 0 bridgehead atoms. The van der Waals surface area contributed by atoms with Crippen molar-refractivity contribution >= 4 is 40.9 Å². The van der Waals surface area contributed by atoms with E-state index >= 15 is 0 Å². The normalized spacial score (nSPS) is 11.4. The van der Waals surface area contributed by atoms with E-state index < -0.39 is 5.97 Å². The number of nitrogens with one attached hydrogen (secondary N) is 2. The molecule has 0 fully saturated rings. The lowest BCUT2D eigenvalue weighted by Crippen LogP contribution is -2.30. The molecule has 0 atom stereocenters. The quantitative estimate of drug-likeness (QED) is 0.477. The number of carbonyl (C=O) groups is 2. The maximum atomic E-state index is 12.7. The van der Waals surface area contributed by atoms with E-state index in [9.17, 15) is 4.79 Å². The van der Waals surface area contributed by atoms with Crippen LogP contribution >= 0.6 is 0 Å². The summed E-state index contributed by atoms with van der Waals surface area (Å²) in [5.41, 5.74) is 9.93. The monoisotopic (exact) mass is 447 g/mol. The number of anilines is 4. The van der Waals surface area contributed by atoms with Crippen molar-refractivity contribution in [2.75, 3.05) is 30.0 Å². The molecule has 33 heavy (non-hydrogen) atoms. The second kappa shape index (κ2) is 10.2. The Bertz CT molecular complexity index is 1200. The third-order valence-electron chi connectivity index (χ3n) is 4.58. The number of carboxylic acids is 1. The van der Waals surface area contributed by atoms with Gasteiger partial charge in [0.1, 0.15) is 11.7 Å². The van der Waals surface area contributed by atoms with Gasteiger partial charge in [-0.15, -0.1) is 0 Å². The minimum Gasteiger partial charge on any atom is -0.481 e. The van der Waals surface area contributed by atoms with Crippen LogP contribution in [0.5, 0.6) is 0 Å². The number of carboxylic acid groups (broad SMARTS) is 1. The first-order valence-electron chi connectivity index (χ1n) is 10.0. The molecule has 0 aliphatic carbocycles. The van der Waals surface area contributed by atoms with Crippen molar-refractivity contribution in [1.82, 2.24) is 15.3 Å². The average molecular weight is 447 g/mol. The van der Waals surface area contributed by atoms with E-state index in [0.717, 1.165) is 29.4 Å². The SMILES string of the molecule is CC(=O)O.CN(C)c1cccc(C(=O)NC2=NCc3ccc(Nc4ccnc(N)n4)cc32)c1. The molecule has 0 radical (unpaired) electrons. The van der Waals surface area contributed by atoms with E-state index in [4.69, 9.17) is 15.6 Å². The van der Waals surface area contributed by atoms with Crippen LogP contribution in [-0.4, -0.2) is 46.9 Å². The largest absolute Gasteiger partial charge is 0.481 e. The molecule has 170 valence electrons. The highest BCUT2D eigenvalue weighted by Gasteiger charge is 2.19. The van der Waals surface area contributed by atoms with Gasteiger partial charge in [0, 0.05) is 49.7 Å². The maximum Gasteiger partial charge on any atom is 0.300 e. The molecule has 0 spiro atoms. The van der Waals surface area contributed by atoms with Crippen molar-refractivity contribution < 1.29 is 14.7 Å². The Balaban J connectivity index is 0.000000709. The van der Waals surface area contributed by atoms with Crippen LogP contribution in [0, 0.1) is 0 Å². The van der Waals surface area contributed by atoms with Crippen molar-refractivity contribution in [3.05, 3.63) is 71.4 Å². The number of nitrogens with zero attached hydrogens (tertiary/aromatic N) is 4. The van der Waals surface area contributed by atoms with Crippen LogP contribution in [-0.2, 0) is 11.3 Å². The van der Waals surface area contributed by atoms with Crippen molar-refractivity contribution in [2.24, 2.45) is 4.99 Å². The Morgan fingerprint density at radius 2 is 1.88 bits per heavy atom. The van der Waals surface area contributed by atoms with Crippen LogP contribution in [0.4, 0.5) is 23.1 Å². The summed E-state index contributed by atoms with van der Waals surface area (Å²) in [6, 6.07) is 15.1. The number of fused-ring (bicyclic) bond motifs is 1. The Labute approximate surface area is 191 Å². The van der Waals surface area contributed by atoms with Gasteiger partial charge in [-0.3, -0.25) is 14.6 Å². The minimum absolute atomic E-state index is 0.192. The Hall–Kier alpha value is -4.47. The minimum atomic E-state index is -0.833. The Morgan fingerprint density at radius 1 is 1.12 bits per heavy atom. The molecule has 0 unspecified atom stereocenters. The zero-order chi connectivity index (χ0) is 24.0. The van der Waals surface area contributed by atoms with Crippen molar-refractivity contribution in [3.8, 4) is 0 Å². The number of aromatic nitrogens is 2. The fraction of sp³-hybridized carbons (Fsp3) is 0.174. The van der Waals surface area contributed by atoms with Crippen LogP contribution < -0.4 is 21.3 Å². The van der Waals surface area contributed by atoms with Crippen LogP contribution in [0.3, 0.4) is 0 Å². The molecule has 10 nitrogen and oxygen atoms in total. The lowest BCUT2D eigenvalue weighted by molar-refractivity contribution is -0.134. The highest BCUT2D eigenvalue weighted by Crippen LogP contribution is 2.24. The smallest absolute Gasteiger partial charge is 0.300 e. The number of aliphatic carboxylic acids is 1. The molecular weight excluding hydrogens is 422 g/mol. The molecule has 5 N–H and O–H groups in total. The molecule has 1 aromatic heterocycles. The van der Waals surface area contributed by atoms with E-state index in [1.165, 1.54) is 0 Å². The Morgan fingerprint density at radius 3 is 2.58 bits per heavy atom. The number of amidine groups is 1. The van der Waals surface area contributed by atoms with Gasteiger partial charge in [-0.05, 0) is 42.0 Å². The van der Waals surface area contributed by atoms with E-state index in [2.05, 4.69) is 25.6 Å². The number of carbonyl (C=O) groups excluding carboxylic acids is 1. The summed E-state index contributed by atoms with van der Waals surface area (Å²) in [6.45, 7) is 1.61. The summed E-state index contributed by atoms with van der Waals surface area (Å²) in [4.78, 5) is 36.2. The van der Waals surface area contributed by atoms with Gasteiger partial charge in [0.05, 0.1) is 6.54 Å². The molecule has 1 aliphatic heterocycles. The number of rotatable bonds is 4. The zero-order valence-electron chi connectivity index (χ0n) is 18.5. The third kappa shape index (κ3) is 6.26. The van der Waals surface area contributed by atoms with Crippen molar-refractivity contribution in [2.45, 2.75) is 13.5 Å². The highest BCUT2D eigenvalue weighted by atomic mass is 16.4. The first-order chi connectivity index (χ1) is 15.7. The highest BCUT2D eigenvalue weighted by molar-refractivity contribution is 6.14. The first kappa shape index (κ1) is 23.2. The van der Waals surface area contributed by atoms with Gasteiger partial charge in [-0.2, -0.15) is 4.98 Å². The fourth-order valence-electron chi connectivity index (χ4n) is 3.07. The summed E-state index contributed by atoms with van der Waals surface area (Å²) in [5.74, 6) is 0.331. The zero-order valence-corrected chi connectivity index (χ0v) is 18.5. The second-order valence-corrected chi connectivity index (χ2v) is 7.38. The van der Waals surface area contributed by atoms with Gasteiger partial charge in [-0.1, -0.05) is 12.1 Å². The summed E-state index contributed by atoms with van der Waals surface area (Å²) >= 11 is 0. The standard InChI is InChI=1S/C21H21N7O.C2H4O2/c1-28(2)16-5-3-4-13(10-16)20(29)27-19-17-11-15(7-6-14(17)12-24-19)25-18-8-9-23-21(22)26-18;1-2(3)4/h3-11H,12H2,1-2H3,(H,24,27,29)(H3,22,23,25,26);1H3,(H,3,4). The van der Waals surface area contributed by atoms with Crippen LogP contribution in [0.15, 0.2) is 59.7 Å². The summed E-state index contributed by atoms with van der Waals surface area (Å²) in [5, 5.41) is 13.5. The predicted octanol–water partition coefficient (Wildman–Crippen LogP) is 2.65. The molecule has 3 aromatic rings. The summed E-state index contributed by atoms with van der Waals surface area (Å²) < 4.78 is 0. The molecule has 0 saturated heterocycles. The Kier molecular flexibility index (Phi) is 7.19. The van der Waals surface area contributed by atoms with Crippen LogP contribution in [0.2, 0.25) is 0 Å². The molecule has 1 aliphatic rings. The summed E-state index contributed by atoms with van der Waals surface area (Å²) in [7, 11) is 3.88. The van der Waals surface area contributed by atoms with Gasteiger partial charge >= 0.3 is 0 Å². The lowest BCUT2D eigenvalue weighted by Gasteiger charge is -2.14. The number of nitrogen functional groups attached to an aromatic ring is 1. The van der Waals surface area contributed by atoms with Gasteiger partial charge in [0.2, 0.25) is 5.95 Å². The topological polar surface area (TPSA) is 146 Å². The third-order valence-corrected chi connectivity index (χ3v) is 4.58. The number of hydrogen-bond acceptors (Lipinski definition) is 8. The molecular formula is C23H25N7O3. The molecule has 2 aromatic carbocycles. The number of nitrogens with two attached hydrogens (primary N) is 1. The fourth-order valence-corrected chi connectivity index (χ4v) is 3.07. The lowest BCUT2D eigenvalue weighted by atomic mass is 10.1. The van der Waals surface area contributed by atoms with Crippen LogP contribution in [0.1, 0.15) is 28.4 Å². The second-order valence-electron chi connectivity index (χ2n) is 7.38. The van der Waals surface area contributed by atoms with E-state index in [0.29, 0.717) is 23.8 Å². The molecule has 0 saturated carbocycles. The number of aliphatic imine (C=N–C) groups is 1. The number of benzene rings is 2. The van der Waals surface area contributed by atoms with E-state index in [1.807, 2.05) is 55.4 Å². The number of hydrogen-bond donors (Lipinski definition) is 4. The van der Waals surface area contributed by atoms with Crippen molar-refractivity contribution in [3.63, 3.8) is 0 Å². The average Bonchev–Trinajstić information content (AvgIpc) is 3.15. The van der Waals surface area contributed by atoms with E-state index in [-0.39, 0.29) is 11.9 Å². The first-order valence-corrected chi connectivity index (χ1v) is 10.0. The maximum absolute atomic E-state index is 12.7. The van der Waals surface area contributed by atoms with Gasteiger partial charge in [0.15, 0.2) is 0 Å². The molecule has 4 rings (SSSR count). The van der Waals surface area contributed by atoms with Crippen molar-refractivity contribution in [1.29, 1.82) is 0 Å². The number of amides is 1. The summed E-state index contributed by atoms with van der Waals surface area (Å²) in [6.07, 6.45) is 1.59. The van der Waals surface area contributed by atoms with Gasteiger partial charge < -0.3 is 26.4 Å². The molecule has 10 heteroatoms. The molecule has 2 heterocycles.